The Morgan fingerprint density at radius 2 is 1.78 bits per heavy atom. The molecule has 1 aliphatic rings. The second-order valence-electron chi connectivity index (χ2n) is 5.65. The van der Waals surface area contributed by atoms with Gasteiger partial charge in [-0.05, 0) is 61.4 Å². The van der Waals surface area contributed by atoms with E-state index in [4.69, 9.17) is 11.6 Å². The molecule has 0 aliphatic heterocycles. The first-order valence-corrected chi connectivity index (χ1v) is 7.42. The number of aryl methyl sites for hydroxylation is 2. The lowest BCUT2D eigenvalue weighted by molar-refractivity contribution is 0.479. The van der Waals surface area contributed by atoms with E-state index in [1.807, 2.05) is 13.8 Å². The van der Waals surface area contributed by atoms with Crippen molar-refractivity contribution in [2.45, 2.75) is 57.7 Å². The molecule has 0 heterocycles. The number of hydrogen-bond donors (Lipinski definition) is 0. The van der Waals surface area contributed by atoms with E-state index >= 15 is 0 Å². The molecule has 1 fully saturated rings. The van der Waals surface area contributed by atoms with Crippen molar-refractivity contribution in [2.75, 3.05) is 0 Å². The fourth-order valence-corrected chi connectivity index (χ4v) is 3.71. The summed E-state index contributed by atoms with van der Waals surface area (Å²) in [6, 6.07) is 3.18. The fourth-order valence-electron chi connectivity index (χ4n) is 3.24. The lowest BCUT2D eigenvalue weighted by Gasteiger charge is -2.18. The molecule has 18 heavy (non-hydrogen) atoms. The average Bonchev–Trinajstić information content (AvgIpc) is 2.77. The van der Waals surface area contributed by atoms with Crippen molar-refractivity contribution >= 4 is 11.6 Å². The van der Waals surface area contributed by atoms with Gasteiger partial charge in [-0.15, -0.1) is 11.6 Å². The van der Waals surface area contributed by atoms with Gasteiger partial charge in [0.1, 0.15) is 5.82 Å². The number of rotatable bonds is 4. The third-order valence-corrected chi connectivity index (χ3v) is 4.61. The Balaban J connectivity index is 2.01. The molecule has 0 nitrogen and oxygen atoms in total. The molecule has 0 N–H and O–H groups in total. The van der Waals surface area contributed by atoms with Crippen molar-refractivity contribution in [3.8, 4) is 0 Å². The van der Waals surface area contributed by atoms with Crippen molar-refractivity contribution in [2.24, 2.45) is 5.92 Å². The highest BCUT2D eigenvalue weighted by atomic mass is 35.5. The summed E-state index contributed by atoms with van der Waals surface area (Å²) in [7, 11) is 0. The maximum atomic E-state index is 13.3. The van der Waals surface area contributed by atoms with Crippen molar-refractivity contribution in [3.05, 3.63) is 34.6 Å². The summed E-state index contributed by atoms with van der Waals surface area (Å²) in [5, 5.41) is 0.0335. The lowest BCUT2D eigenvalue weighted by Crippen LogP contribution is -2.02. The molecule has 0 bridgehead atoms. The number of benzene rings is 1. The van der Waals surface area contributed by atoms with Gasteiger partial charge in [0.15, 0.2) is 0 Å². The summed E-state index contributed by atoms with van der Waals surface area (Å²) < 4.78 is 13.3. The first kappa shape index (κ1) is 13.9. The topological polar surface area (TPSA) is 0 Å². The van der Waals surface area contributed by atoms with Crippen molar-refractivity contribution < 1.29 is 4.39 Å². The van der Waals surface area contributed by atoms with Gasteiger partial charge in [-0.3, -0.25) is 0 Å². The highest BCUT2D eigenvalue weighted by molar-refractivity contribution is 6.21. The van der Waals surface area contributed by atoms with Crippen LogP contribution in [0, 0.1) is 25.6 Å². The standard InChI is InChI=1S/C16H22ClF/c1-11-9-14(18)10-12(2)16(11)15(17)8-7-13-5-3-4-6-13/h9-10,13,15H,3-8H2,1-2H3. The van der Waals surface area contributed by atoms with E-state index < -0.39 is 0 Å². The molecule has 1 atom stereocenters. The molecular formula is C16H22ClF. The van der Waals surface area contributed by atoms with Gasteiger partial charge < -0.3 is 0 Å². The van der Waals surface area contributed by atoms with Gasteiger partial charge in [-0.25, -0.2) is 4.39 Å². The third kappa shape index (κ3) is 3.26. The van der Waals surface area contributed by atoms with Gasteiger partial charge in [-0.1, -0.05) is 25.7 Å². The van der Waals surface area contributed by atoms with Crippen LogP contribution in [-0.2, 0) is 0 Å². The van der Waals surface area contributed by atoms with E-state index in [0.29, 0.717) is 0 Å². The van der Waals surface area contributed by atoms with Crippen LogP contribution in [0.15, 0.2) is 12.1 Å². The normalized spacial score (nSPS) is 18.2. The molecule has 0 spiro atoms. The molecule has 1 aromatic carbocycles. The smallest absolute Gasteiger partial charge is 0.123 e. The van der Waals surface area contributed by atoms with Crippen LogP contribution in [-0.4, -0.2) is 0 Å². The van der Waals surface area contributed by atoms with Crippen LogP contribution in [0.2, 0.25) is 0 Å². The quantitative estimate of drug-likeness (QED) is 0.615. The Morgan fingerprint density at radius 1 is 1.22 bits per heavy atom. The molecule has 100 valence electrons. The number of halogens is 2. The highest BCUT2D eigenvalue weighted by Crippen LogP contribution is 2.36. The predicted octanol–water partition coefficient (Wildman–Crippen LogP) is 5.69. The molecule has 0 aromatic heterocycles. The molecule has 1 aliphatic carbocycles. The van der Waals surface area contributed by atoms with Crippen LogP contribution in [0.25, 0.3) is 0 Å². The molecule has 1 saturated carbocycles. The maximum absolute atomic E-state index is 13.3. The second-order valence-corrected chi connectivity index (χ2v) is 6.18. The third-order valence-electron chi connectivity index (χ3n) is 4.17. The summed E-state index contributed by atoms with van der Waals surface area (Å²) in [6.45, 7) is 3.91. The summed E-state index contributed by atoms with van der Waals surface area (Å²) >= 11 is 6.53. The minimum Gasteiger partial charge on any atom is -0.207 e. The Hall–Kier alpha value is -0.560. The van der Waals surface area contributed by atoms with Crippen LogP contribution in [0.4, 0.5) is 4.39 Å². The number of hydrogen-bond acceptors (Lipinski definition) is 0. The van der Waals surface area contributed by atoms with Crippen molar-refractivity contribution in [1.29, 1.82) is 0 Å². The summed E-state index contributed by atoms with van der Waals surface area (Å²) in [5.41, 5.74) is 3.11. The molecule has 0 amide bonds. The van der Waals surface area contributed by atoms with E-state index in [0.717, 1.165) is 29.0 Å². The van der Waals surface area contributed by atoms with Gasteiger partial charge >= 0.3 is 0 Å². The Kier molecular flexibility index (Phi) is 4.66. The summed E-state index contributed by atoms with van der Waals surface area (Å²) in [5.74, 6) is 0.709. The zero-order valence-corrected chi connectivity index (χ0v) is 12.1. The van der Waals surface area contributed by atoms with Crippen LogP contribution < -0.4 is 0 Å². The molecule has 0 radical (unpaired) electrons. The van der Waals surface area contributed by atoms with Gasteiger partial charge in [0.2, 0.25) is 0 Å². The molecule has 1 aromatic rings. The van der Waals surface area contributed by atoms with Crippen LogP contribution in [0.5, 0.6) is 0 Å². The highest BCUT2D eigenvalue weighted by Gasteiger charge is 2.19. The summed E-state index contributed by atoms with van der Waals surface area (Å²) in [4.78, 5) is 0. The van der Waals surface area contributed by atoms with Crippen LogP contribution >= 0.6 is 11.6 Å². The Labute approximate surface area is 115 Å². The van der Waals surface area contributed by atoms with Gasteiger partial charge in [-0.2, -0.15) is 0 Å². The lowest BCUT2D eigenvalue weighted by atomic mass is 9.93. The second kappa shape index (κ2) is 6.06. The number of alkyl halides is 1. The van der Waals surface area contributed by atoms with Gasteiger partial charge in [0.05, 0.1) is 5.38 Å². The van der Waals surface area contributed by atoms with Crippen LogP contribution in [0.1, 0.15) is 60.6 Å². The predicted molar refractivity (Wildman–Crippen MR) is 75.7 cm³/mol. The first-order chi connectivity index (χ1) is 8.58. The Bertz CT molecular complexity index is 385. The summed E-state index contributed by atoms with van der Waals surface area (Å²) in [6.07, 6.45) is 7.72. The minimum absolute atomic E-state index is 0.0335. The van der Waals surface area contributed by atoms with E-state index in [2.05, 4.69) is 0 Å². The van der Waals surface area contributed by atoms with E-state index in [9.17, 15) is 4.39 Å². The van der Waals surface area contributed by atoms with Crippen molar-refractivity contribution in [1.82, 2.24) is 0 Å². The SMILES string of the molecule is Cc1cc(F)cc(C)c1C(Cl)CCC1CCCC1. The first-order valence-electron chi connectivity index (χ1n) is 6.98. The fraction of sp³-hybridized carbons (Fsp3) is 0.625. The largest absolute Gasteiger partial charge is 0.207 e. The van der Waals surface area contributed by atoms with E-state index in [-0.39, 0.29) is 11.2 Å². The molecule has 2 rings (SSSR count). The zero-order chi connectivity index (χ0) is 13.1. The van der Waals surface area contributed by atoms with E-state index in [1.54, 1.807) is 12.1 Å². The van der Waals surface area contributed by atoms with Crippen molar-refractivity contribution in [3.63, 3.8) is 0 Å². The van der Waals surface area contributed by atoms with E-state index in [1.165, 1.54) is 32.1 Å². The maximum Gasteiger partial charge on any atom is 0.123 e. The Morgan fingerprint density at radius 3 is 2.33 bits per heavy atom. The average molecular weight is 269 g/mol. The molecular weight excluding hydrogens is 247 g/mol. The molecule has 2 heteroatoms. The van der Waals surface area contributed by atoms with Gasteiger partial charge in [0, 0.05) is 0 Å². The van der Waals surface area contributed by atoms with Crippen LogP contribution in [0.3, 0.4) is 0 Å². The molecule has 1 unspecified atom stereocenters. The van der Waals surface area contributed by atoms with Gasteiger partial charge in [0.25, 0.3) is 0 Å². The monoisotopic (exact) mass is 268 g/mol. The molecule has 0 saturated heterocycles. The zero-order valence-electron chi connectivity index (χ0n) is 11.3. The minimum atomic E-state index is -0.159.